The molecule has 0 amide bonds. The molecule has 100 valence electrons. The number of halogens is 1. The summed E-state index contributed by atoms with van der Waals surface area (Å²) in [6.07, 6.45) is 0. The Kier molecular flexibility index (Phi) is 3.20. The summed E-state index contributed by atoms with van der Waals surface area (Å²) in [6, 6.07) is 17.5. The smallest absolute Gasteiger partial charge is 0.135 e. The van der Waals surface area contributed by atoms with Crippen LogP contribution < -0.4 is 5.73 Å². The van der Waals surface area contributed by atoms with Gasteiger partial charge in [-0.05, 0) is 36.8 Å². The van der Waals surface area contributed by atoms with Crippen molar-refractivity contribution in [3.8, 4) is 16.8 Å². The molecule has 0 spiro atoms. The Labute approximate surface area is 122 Å². The Morgan fingerprint density at radius 1 is 1.00 bits per heavy atom. The largest absolute Gasteiger partial charge is 0.383 e. The van der Waals surface area contributed by atoms with Crippen LogP contribution in [0.25, 0.3) is 16.8 Å². The Morgan fingerprint density at radius 3 is 2.30 bits per heavy atom. The number of anilines is 1. The van der Waals surface area contributed by atoms with Gasteiger partial charge in [0.05, 0.1) is 11.4 Å². The topological polar surface area (TPSA) is 43.8 Å². The third kappa shape index (κ3) is 2.17. The van der Waals surface area contributed by atoms with Gasteiger partial charge in [-0.15, -0.1) is 0 Å². The monoisotopic (exact) mass is 283 g/mol. The molecule has 2 N–H and O–H groups in total. The molecule has 0 saturated heterocycles. The molecule has 0 aliphatic carbocycles. The van der Waals surface area contributed by atoms with E-state index in [4.69, 9.17) is 17.3 Å². The number of benzene rings is 2. The first-order valence-electron chi connectivity index (χ1n) is 6.33. The summed E-state index contributed by atoms with van der Waals surface area (Å²) in [7, 11) is 0. The van der Waals surface area contributed by atoms with Crippen molar-refractivity contribution in [2.24, 2.45) is 0 Å². The number of nitrogen functional groups attached to an aromatic ring is 1. The number of nitrogens with zero attached hydrogens (tertiary/aromatic N) is 2. The van der Waals surface area contributed by atoms with E-state index in [0.717, 1.165) is 22.5 Å². The maximum absolute atomic E-state index is 6.27. The molecular formula is C16H14ClN3. The van der Waals surface area contributed by atoms with Gasteiger partial charge in [-0.2, -0.15) is 5.10 Å². The maximum Gasteiger partial charge on any atom is 0.135 e. The van der Waals surface area contributed by atoms with Crippen molar-refractivity contribution in [2.75, 3.05) is 5.73 Å². The van der Waals surface area contributed by atoms with Crippen LogP contribution >= 0.6 is 11.6 Å². The number of hydrogen-bond acceptors (Lipinski definition) is 2. The molecule has 0 aliphatic rings. The average Bonchev–Trinajstić information content (AvgIpc) is 2.76. The molecule has 0 atom stereocenters. The lowest BCUT2D eigenvalue weighted by atomic mass is 10.1. The zero-order valence-corrected chi connectivity index (χ0v) is 11.8. The van der Waals surface area contributed by atoms with E-state index in [1.54, 1.807) is 4.68 Å². The van der Waals surface area contributed by atoms with Crippen molar-refractivity contribution in [3.05, 3.63) is 65.3 Å². The van der Waals surface area contributed by atoms with Gasteiger partial charge in [-0.1, -0.05) is 41.9 Å². The van der Waals surface area contributed by atoms with Gasteiger partial charge in [0.1, 0.15) is 5.82 Å². The van der Waals surface area contributed by atoms with Crippen molar-refractivity contribution >= 4 is 17.4 Å². The van der Waals surface area contributed by atoms with E-state index in [1.807, 2.05) is 61.5 Å². The minimum absolute atomic E-state index is 0.635. The third-order valence-corrected chi connectivity index (χ3v) is 3.48. The van der Waals surface area contributed by atoms with Crippen molar-refractivity contribution in [1.29, 1.82) is 0 Å². The molecule has 0 aliphatic heterocycles. The van der Waals surface area contributed by atoms with Crippen molar-refractivity contribution in [2.45, 2.75) is 6.92 Å². The van der Waals surface area contributed by atoms with Crippen LogP contribution in [0.15, 0.2) is 54.6 Å². The first-order valence-corrected chi connectivity index (χ1v) is 6.71. The average molecular weight is 284 g/mol. The van der Waals surface area contributed by atoms with Gasteiger partial charge < -0.3 is 5.73 Å². The standard InChI is InChI=1S/C16H14ClN3/c1-11-15(12-5-3-2-4-6-12)16(18)20(19-11)14-9-7-13(17)8-10-14/h2-10H,18H2,1H3. The molecule has 20 heavy (non-hydrogen) atoms. The first-order chi connectivity index (χ1) is 9.66. The van der Waals surface area contributed by atoms with Crippen LogP contribution in [0.4, 0.5) is 5.82 Å². The van der Waals surface area contributed by atoms with Crippen molar-refractivity contribution in [1.82, 2.24) is 9.78 Å². The van der Waals surface area contributed by atoms with Crippen LogP contribution in [0.1, 0.15) is 5.69 Å². The predicted octanol–water partition coefficient (Wildman–Crippen LogP) is 4.08. The maximum atomic E-state index is 6.27. The Bertz CT molecular complexity index is 730. The fraction of sp³-hybridized carbons (Fsp3) is 0.0625. The van der Waals surface area contributed by atoms with E-state index in [1.165, 1.54) is 0 Å². The number of aryl methyl sites for hydroxylation is 1. The molecule has 0 unspecified atom stereocenters. The molecule has 3 rings (SSSR count). The Morgan fingerprint density at radius 2 is 1.65 bits per heavy atom. The minimum Gasteiger partial charge on any atom is -0.383 e. The fourth-order valence-corrected chi connectivity index (χ4v) is 2.41. The molecule has 3 nitrogen and oxygen atoms in total. The number of nitrogens with two attached hydrogens (primary N) is 1. The summed E-state index contributed by atoms with van der Waals surface area (Å²) >= 11 is 5.91. The second-order valence-corrected chi connectivity index (χ2v) is 5.04. The summed E-state index contributed by atoms with van der Waals surface area (Å²) in [5, 5.41) is 5.23. The summed E-state index contributed by atoms with van der Waals surface area (Å²) in [5.41, 5.74) is 10.1. The third-order valence-electron chi connectivity index (χ3n) is 3.23. The minimum atomic E-state index is 0.635. The van der Waals surface area contributed by atoms with Gasteiger partial charge in [0, 0.05) is 10.6 Å². The normalized spacial score (nSPS) is 10.7. The van der Waals surface area contributed by atoms with E-state index >= 15 is 0 Å². The number of aromatic nitrogens is 2. The van der Waals surface area contributed by atoms with E-state index in [2.05, 4.69) is 5.10 Å². The van der Waals surface area contributed by atoms with Gasteiger partial charge in [-0.25, -0.2) is 4.68 Å². The molecule has 2 aromatic carbocycles. The highest BCUT2D eigenvalue weighted by molar-refractivity contribution is 6.30. The highest BCUT2D eigenvalue weighted by Gasteiger charge is 2.15. The SMILES string of the molecule is Cc1nn(-c2ccc(Cl)cc2)c(N)c1-c1ccccc1. The van der Waals surface area contributed by atoms with Gasteiger partial charge in [0.2, 0.25) is 0 Å². The Hall–Kier alpha value is -2.26. The van der Waals surface area contributed by atoms with Gasteiger partial charge in [0.25, 0.3) is 0 Å². The molecule has 4 heteroatoms. The highest BCUT2D eigenvalue weighted by atomic mass is 35.5. The highest BCUT2D eigenvalue weighted by Crippen LogP contribution is 2.31. The van der Waals surface area contributed by atoms with Crippen LogP contribution in [0.3, 0.4) is 0 Å². The van der Waals surface area contributed by atoms with Gasteiger partial charge in [-0.3, -0.25) is 0 Å². The predicted molar refractivity (Wildman–Crippen MR) is 83.2 cm³/mol. The van der Waals surface area contributed by atoms with Crippen LogP contribution in [0, 0.1) is 6.92 Å². The molecule has 3 aromatic rings. The Balaban J connectivity index is 2.14. The first kappa shape index (κ1) is 12.8. The molecule has 0 radical (unpaired) electrons. The molecular weight excluding hydrogens is 270 g/mol. The van der Waals surface area contributed by atoms with Crippen LogP contribution in [0.2, 0.25) is 5.02 Å². The lowest BCUT2D eigenvalue weighted by molar-refractivity contribution is 0.872. The van der Waals surface area contributed by atoms with Crippen LogP contribution in [0.5, 0.6) is 0 Å². The number of rotatable bonds is 2. The van der Waals surface area contributed by atoms with E-state index in [0.29, 0.717) is 10.8 Å². The molecule has 1 heterocycles. The molecule has 0 fully saturated rings. The molecule has 1 aromatic heterocycles. The fourth-order valence-electron chi connectivity index (χ4n) is 2.29. The molecule has 0 saturated carbocycles. The summed E-state index contributed by atoms with van der Waals surface area (Å²) < 4.78 is 1.74. The van der Waals surface area contributed by atoms with E-state index in [-0.39, 0.29) is 0 Å². The van der Waals surface area contributed by atoms with Crippen LogP contribution in [-0.4, -0.2) is 9.78 Å². The second-order valence-electron chi connectivity index (χ2n) is 4.60. The second kappa shape index (κ2) is 5.02. The zero-order valence-electron chi connectivity index (χ0n) is 11.0. The van der Waals surface area contributed by atoms with E-state index < -0.39 is 0 Å². The van der Waals surface area contributed by atoms with Crippen molar-refractivity contribution < 1.29 is 0 Å². The van der Waals surface area contributed by atoms with E-state index in [9.17, 15) is 0 Å². The van der Waals surface area contributed by atoms with Crippen LogP contribution in [-0.2, 0) is 0 Å². The summed E-state index contributed by atoms with van der Waals surface area (Å²) in [6.45, 7) is 1.96. The van der Waals surface area contributed by atoms with Crippen molar-refractivity contribution in [3.63, 3.8) is 0 Å². The van der Waals surface area contributed by atoms with Gasteiger partial charge >= 0.3 is 0 Å². The quantitative estimate of drug-likeness (QED) is 0.770. The zero-order chi connectivity index (χ0) is 14.1. The summed E-state index contributed by atoms with van der Waals surface area (Å²) in [5.74, 6) is 0.635. The van der Waals surface area contributed by atoms with Gasteiger partial charge in [0.15, 0.2) is 0 Å². The number of hydrogen-bond donors (Lipinski definition) is 1. The molecule has 0 bridgehead atoms. The summed E-state index contributed by atoms with van der Waals surface area (Å²) in [4.78, 5) is 0. The lowest BCUT2D eigenvalue weighted by Gasteiger charge is -2.05. The lowest BCUT2D eigenvalue weighted by Crippen LogP contribution is -2.02.